The fourth-order valence-corrected chi connectivity index (χ4v) is 2.87. The Balaban J connectivity index is 2.84. The van der Waals surface area contributed by atoms with Crippen LogP contribution in [-0.2, 0) is 10.2 Å². The van der Waals surface area contributed by atoms with E-state index in [0.717, 1.165) is 5.56 Å². The fourth-order valence-electron chi connectivity index (χ4n) is 1.75. The van der Waals surface area contributed by atoms with Gasteiger partial charge in [-0.25, -0.2) is 9.44 Å². The second kappa shape index (κ2) is 7.21. The minimum absolute atomic E-state index is 0.123. The minimum atomic E-state index is -3.45. The van der Waals surface area contributed by atoms with Gasteiger partial charge in [-0.15, -0.1) is 0 Å². The van der Waals surface area contributed by atoms with Crippen LogP contribution in [0.1, 0.15) is 18.5 Å². The van der Waals surface area contributed by atoms with Crippen molar-refractivity contribution in [2.75, 3.05) is 27.2 Å². The van der Waals surface area contributed by atoms with Gasteiger partial charge in [0.1, 0.15) is 0 Å². The van der Waals surface area contributed by atoms with Gasteiger partial charge in [-0.05, 0) is 25.7 Å². The largest absolute Gasteiger partial charge is 0.301 e. The molecule has 1 aromatic rings. The molecule has 0 radical (unpaired) electrons. The lowest BCUT2D eigenvalue weighted by atomic mass is 10.1. The molecule has 2 N–H and O–H groups in total. The molecule has 0 aliphatic rings. The third kappa shape index (κ3) is 5.08. The monoisotopic (exact) mass is 305 g/mol. The predicted octanol–water partition coefficient (Wildman–Crippen LogP) is 1.39. The highest BCUT2D eigenvalue weighted by Gasteiger charge is 2.19. The molecule has 7 heteroatoms. The zero-order valence-corrected chi connectivity index (χ0v) is 12.9. The van der Waals surface area contributed by atoms with Crippen LogP contribution in [0.5, 0.6) is 0 Å². The van der Waals surface area contributed by atoms with Crippen molar-refractivity contribution in [3.05, 3.63) is 34.9 Å². The molecular formula is C12H20ClN3O2S. The van der Waals surface area contributed by atoms with Crippen molar-refractivity contribution < 1.29 is 8.42 Å². The molecule has 0 saturated heterocycles. The number of nitrogens with one attached hydrogen (secondary N) is 2. The molecule has 0 aliphatic carbocycles. The summed E-state index contributed by atoms with van der Waals surface area (Å²) in [4.78, 5) is 1.93. The van der Waals surface area contributed by atoms with Crippen LogP contribution < -0.4 is 9.44 Å². The van der Waals surface area contributed by atoms with E-state index >= 15 is 0 Å². The highest BCUT2D eigenvalue weighted by Crippen LogP contribution is 2.25. The molecule has 0 spiro atoms. The summed E-state index contributed by atoms with van der Waals surface area (Å²) in [7, 11) is 0.318. The van der Waals surface area contributed by atoms with Crippen LogP contribution in [0.15, 0.2) is 24.3 Å². The molecular weight excluding hydrogens is 286 g/mol. The second-order valence-electron chi connectivity index (χ2n) is 4.35. The summed E-state index contributed by atoms with van der Waals surface area (Å²) in [6, 6.07) is 7.31. The van der Waals surface area contributed by atoms with Gasteiger partial charge in [0.05, 0.1) is 0 Å². The summed E-state index contributed by atoms with van der Waals surface area (Å²) >= 11 is 6.15. The first-order valence-corrected chi connectivity index (χ1v) is 7.88. The Morgan fingerprint density at radius 2 is 1.89 bits per heavy atom. The van der Waals surface area contributed by atoms with E-state index < -0.39 is 10.2 Å². The number of halogens is 1. The average molecular weight is 306 g/mol. The van der Waals surface area contributed by atoms with Crippen molar-refractivity contribution in [3.8, 4) is 0 Å². The predicted molar refractivity (Wildman–Crippen MR) is 78.5 cm³/mol. The quantitative estimate of drug-likeness (QED) is 0.800. The Morgan fingerprint density at radius 1 is 1.26 bits per heavy atom. The lowest BCUT2D eigenvalue weighted by molar-refractivity contribution is 0.299. The molecule has 0 saturated carbocycles. The standard InChI is InChI=1S/C12H20ClN3O2S/c1-4-14-19(17,18)15-9-12(16(2)3)10-7-5-6-8-11(10)13/h5-8,12,14-15H,4,9H2,1-3H3. The van der Waals surface area contributed by atoms with Crippen LogP contribution in [0.2, 0.25) is 5.02 Å². The van der Waals surface area contributed by atoms with Gasteiger partial charge < -0.3 is 4.90 Å². The van der Waals surface area contributed by atoms with E-state index in [9.17, 15) is 8.42 Å². The number of nitrogens with zero attached hydrogens (tertiary/aromatic N) is 1. The van der Waals surface area contributed by atoms with Gasteiger partial charge in [0.15, 0.2) is 0 Å². The SMILES string of the molecule is CCNS(=O)(=O)NCC(c1ccccc1Cl)N(C)C. The van der Waals surface area contributed by atoms with Crippen LogP contribution in [-0.4, -0.2) is 40.5 Å². The van der Waals surface area contributed by atoms with Crippen LogP contribution in [0.3, 0.4) is 0 Å². The first-order chi connectivity index (χ1) is 8.87. The zero-order valence-electron chi connectivity index (χ0n) is 11.4. The molecule has 1 unspecified atom stereocenters. The molecule has 1 atom stereocenters. The fraction of sp³-hybridized carbons (Fsp3) is 0.500. The van der Waals surface area contributed by atoms with Crippen LogP contribution in [0.4, 0.5) is 0 Å². The van der Waals surface area contributed by atoms with Crippen molar-refractivity contribution in [1.82, 2.24) is 14.3 Å². The Hall–Kier alpha value is -0.660. The third-order valence-electron chi connectivity index (χ3n) is 2.69. The first-order valence-electron chi connectivity index (χ1n) is 6.02. The maximum absolute atomic E-state index is 11.6. The molecule has 5 nitrogen and oxygen atoms in total. The van der Waals surface area contributed by atoms with Gasteiger partial charge in [-0.3, -0.25) is 0 Å². The van der Waals surface area contributed by atoms with Crippen molar-refractivity contribution in [2.45, 2.75) is 13.0 Å². The van der Waals surface area contributed by atoms with E-state index in [1.54, 1.807) is 13.0 Å². The first kappa shape index (κ1) is 16.4. The zero-order chi connectivity index (χ0) is 14.5. The Bertz CT molecular complexity index is 505. The normalized spacial score (nSPS) is 13.7. The van der Waals surface area contributed by atoms with E-state index in [-0.39, 0.29) is 12.6 Å². The van der Waals surface area contributed by atoms with Crippen LogP contribution in [0.25, 0.3) is 0 Å². The number of likely N-dealkylation sites (N-methyl/N-ethyl adjacent to an activating group) is 1. The Labute approximate surface area is 120 Å². The number of hydrogen-bond donors (Lipinski definition) is 2. The molecule has 0 fully saturated rings. The highest BCUT2D eigenvalue weighted by molar-refractivity contribution is 7.87. The van der Waals surface area contributed by atoms with Crippen LogP contribution >= 0.6 is 11.6 Å². The molecule has 1 rings (SSSR count). The third-order valence-corrected chi connectivity index (χ3v) is 4.25. The smallest absolute Gasteiger partial charge is 0.276 e. The van der Waals surface area contributed by atoms with Crippen molar-refractivity contribution in [1.29, 1.82) is 0 Å². The van der Waals surface area contributed by atoms with E-state index in [0.29, 0.717) is 11.6 Å². The molecule has 19 heavy (non-hydrogen) atoms. The molecule has 0 heterocycles. The van der Waals surface area contributed by atoms with Crippen molar-refractivity contribution >= 4 is 21.8 Å². The average Bonchev–Trinajstić information content (AvgIpc) is 2.31. The summed E-state index contributed by atoms with van der Waals surface area (Å²) in [5, 5.41) is 0.629. The molecule has 0 aliphatic heterocycles. The van der Waals surface area contributed by atoms with Crippen molar-refractivity contribution in [2.24, 2.45) is 0 Å². The molecule has 108 valence electrons. The summed E-state index contributed by atoms with van der Waals surface area (Å²) < 4.78 is 28.1. The summed E-state index contributed by atoms with van der Waals surface area (Å²) in [5.41, 5.74) is 0.897. The van der Waals surface area contributed by atoms with Gasteiger partial charge in [0.2, 0.25) is 0 Å². The van der Waals surface area contributed by atoms with E-state index in [1.807, 2.05) is 37.2 Å². The minimum Gasteiger partial charge on any atom is -0.301 e. The number of benzene rings is 1. The summed E-state index contributed by atoms with van der Waals surface area (Å²) in [6.45, 7) is 2.34. The molecule has 0 bridgehead atoms. The summed E-state index contributed by atoms with van der Waals surface area (Å²) in [5.74, 6) is 0. The van der Waals surface area contributed by atoms with Gasteiger partial charge >= 0.3 is 0 Å². The number of rotatable bonds is 7. The van der Waals surface area contributed by atoms with Crippen molar-refractivity contribution in [3.63, 3.8) is 0 Å². The van der Waals surface area contributed by atoms with Crippen LogP contribution in [0, 0.1) is 0 Å². The van der Waals surface area contributed by atoms with Gasteiger partial charge in [-0.1, -0.05) is 36.7 Å². The van der Waals surface area contributed by atoms with E-state index in [1.165, 1.54) is 0 Å². The second-order valence-corrected chi connectivity index (χ2v) is 6.34. The van der Waals surface area contributed by atoms with Gasteiger partial charge in [-0.2, -0.15) is 8.42 Å². The summed E-state index contributed by atoms with van der Waals surface area (Å²) in [6.07, 6.45) is 0. The highest BCUT2D eigenvalue weighted by atomic mass is 35.5. The maximum Gasteiger partial charge on any atom is 0.276 e. The molecule has 1 aromatic carbocycles. The topological polar surface area (TPSA) is 61.4 Å². The van der Waals surface area contributed by atoms with E-state index in [2.05, 4.69) is 9.44 Å². The van der Waals surface area contributed by atoms with Gasteiger partial charge in [0.25, 0.3) is 10.2 Å². The molecule has 0 amide bonds. The molecule has 0 aromatic heterocycles. The Kier molecular flexibility index (Phi) is 6.22. The van der Waals surface area contributed by atoms with Gasteiger partial charge in [0, 0.05) is 24.2 Å². The Morgan fingerprint density at radius 3 is 2.42 bits per heavy atom. The lowest BCUT2D eigenvalue weighted by Gasteiger charge is -2.25. The number of hydrogen-bond acceptors (Lipinski definition) is 3. The lowest BCUT2D eigenvalue weighted by Crippen LogP contribution is -2.41. The van der Waals surface area contributed by atoms with E-state index in [4.69, 9.17) is 11.6 Å². The maximum atomic E-state index is 11.6.